The zero-order chi connectivity index (χ0) is 48.5. The molecule has 13 rings (SSSR count). The van der Waals surface area contributed by atoms with Crippen LogP contribution in [0.15, 0.2) is 297 Å². The number of hydrogen-bond donors (Lipinski definition) is 0. The minimum Gasteiger partial charge on any atom is -0.310 e. The summed E-state index contributed by atoms with van der Waals surface area (Å²) < 4.78 is 2.41. The molecular formula is C70H49N3. The lowest BCUT2D eigenvalue weighted by Crippen LogP contribution is -2.14. The highest BCUT2D eigenvalue weighted by Gasteiger charge is 2.22. The highest BCUT2D eigenvalue weighted by atomic mass is 15.2. The van der Waals surface area contributed by atoms with Gasteiger partial charge in [-0.05, 0) is 140 Å². The fourth-order valence-electron chi connectivity index (χ4n) is 10.6. The van der Waals surface area contributed by atoms with Gasteiger partial charge in [0.1, 0.15) is 0 Å². The highest BCUT2D eigenvalue weighted by Crippen LogP contribution is 2.46. The van der Waals surface area contributed by atoms with Crippen LogP contribution in [0.1, 0.15) is 0 Å². The van der Waals surface area contributed by atoms with Gasteiger partial charge in [0.25, 0.3) is 0 Å². The molecule has 0 aliphatic rings. The van der Waals surface area contributed by atoms with Crippen LogP contribution in [0.2, 0.25) is 0 Å². The zero-order valence-electron chi connectivity index (χ0n) is 40.1. The van der Waals surface area contributed by atoms with E-state index in [0.717, 1.165) is 50.9 Å². The molecular weight excluding hydrogens is 883 g/mol. The Morgan fingerprint density at radius 3 is 1.15 bits per heavy atom. The first kappa shape index (κ1) is 43.3. The Balaban J connectivity index is 1.07. The maximum Gasteiger partial charge on any atom is 0.0561 e. The third-order valence-corrected chi connectivity index (χ3v) is 14.1. The fraction of sp³-hybridized carbons (Fsp3) is 0. The van der Waals surface area contributed by atoms with Crippen molar-refractivity contribution in [2.45, 2.75) is 0 Å². The molecule has 13 aromatic rings. The molecule has 0 aliphatic carbocycles. The zero-order valence-corrected chi connectivity index (χ0v) is 40.1. The molecule has 0 aliphatic heterocycles. The molecule has 0 unspecified atom stereocenters. The van der Waals surface area contributed by atoms with Gasteiger partial charge in [-0.25, -0.2) is 0 Å². The lowest BCUT2D eigenvalue weighted by atomic mass is 9.96. The minimum atomic E-state index is 1.03. The van der Waals surface area contributed by atoms with E-state index in [-0.39, 0.29) is 0 Å². The number of para-hydroxylation sites is 2. The Hall–Kier alpha value is -9.70. The predicted octanol–water partition coefficient (Wildman–Crippen LogP) is 19.5. The van der Waals surface area contributed by atoms with Gasteiger partial charge in [0.2, 0.25) is 0 Å². The topological polar surface area (TPSA) is 11.4 Å². The maximum absolute atomic E-state index is 2.44. The molecule has 0 amide bonds. The van der Waals surface area contributed by atoms with Crippen LogP contribution >= 0.6 is 0 Å². The summed E-state index contributed by atoms with van der Waals surface area (Å²) >= 11 is 0. The lowest BCUT2D eigenvalue weighted by molar-refractivity contribution is 1.18. The maximum atomic E-state index is 2.44. The van der Waals surface area contributed by atoms with E-state index in [0.29, 0.717) is 0 Å². The quantitative estimate of drug-likeness (QED) is 0.128. The van der Waals surface area contributed by atoms with Gasteiger partial charge in [0, 0.05) is 50.6 Å². The average Bonchev–Trinajstić information content (AvgIpc) is 3.80. The third kappa shape index (κ3) is 8.29. The van der Waals surface area contributed by atoms with Crippen LogP contribution in [-0.2, 0) is 0 Å². The Morgan fingerprint density at radius 2 is 0.616 bits per heavy atom. The van der Waals surface area contributed by atoms with E-state index in [1.54, 1.807) is 0 Å². The number of anilines is 6. The van der Waals surface area contributed by atoms with E-state index in [2.05, 4.69) is 312 Å². The largest absolute Gasteiger partial charge is 0.310 e. The standard InChI is InChI=1S/C70H49N3/c1-5-18-50(19-6-1)53-32-38-59(39-33-53)71(60-40-34-54(35-41-60)51-20-7-2-8-21-51)63-46-57(66-30-17-25-56-24-13-14-28-65(56)66)47-64(48-63)72(61-42-36-55(37-43-61)52-22-9-3-10-23-52)62-44-45-68-67-29-15-16-31-69(67)73(70(68)49-62)58-26-11-4-12-27-58/h1-49H. The number of hydrogen-bond acceptors (Lipinski definition) is 2. The summed E-state index contributed by atoms with van der Waals surface area (Å²) in [5, 5.41) is 4.83. The first-order valence-electron chi connectivity index (χ1n) is 25.0. The average molecular weight is 932 g/mol. The van der Waals surface area contributed by atoms with Gasteiger partial charge < -0.3 is 14.4 Å². The summed E-state index contributed by atoms with van der Waals surface area (Å²) in [4.78, 5) is 4.85. The molecule has 344 valence electrons. The molecule has 3 nitrogen and oxygen atoms in total. The number of rotatable bonds is 11. The molecule has 0 atom stereocenters. The highest BCUT2D eigenvalue weighted by molar-refractivity contribution is 6.10. The second-order valence-corrected chi connectivity index (χ2v) is 18.6. The molecule has 0 N–H and O–H groups in total. The van der Waals surface area contributed by atoms with Crippen molar-refractivity contribution in [3.05, 3.63) is 297 Å². The Kier molecular flexibility index (Phi) is 11.2. The number of nitrogens with zero attached hydrogens (tertiary/aromatic N) is 3. The predicted molar refractivity (Wildman–Crippen MR) is 309 cm³/mol. The molecule has 0 fully saturated rings. The van der Waals surface area contributed by atoms with Crippen molar-refractivity contribution in [1.82, 2.24) is 4.57 Å². The van der Waals surface area contributed by atoms with Crippen LogP contribution in [-0.4, -0.2) is 4.57 Å². The first-order chi connectivity index (χ1) is 36.2. The number of fused-ring (bicyclic) bond motifs is 4. The van der Waals surface area contributed by atoms with Crippen LogP contribution in [0.25, 0.3) is 82.8 Å². The molecule has 0 spiro atoms. The van der Waals surface area contributed by atoms with Crippen LogP contribution in [0.5, 0.6) is 0 Å². The third-order valence-electron chi connectivity index (χ3n) is 14.1. The van der Waals surface area contributed by atoms with Gasteiger partial charge in [-0.1, -0.05) is 212 Å². The van der Waals surface area contributed by atoms with Crippen LogP contribution in [0, 0.1) is 0 Å². The Labute approximate surface area is 426 Å². The summed E-state index contributed by atoms with van der Waals surface area (Å²) in [7, 11) is 0. The van der Waals surface area contributed by atoms with E-state index in [4.69, 9.17) is 0 Å². The van der Waals surface area contributed by atoms with E-state index < -0.39 is 0 Å². The number of aromatic nitrogens is 1. The molecule has 0 saturated heterocycles. The molecule has 3 heteroatoms. The number of benzene rings is 12. The van der Waals surface area contributed by atoms with Gasteiger partial charge >= 0.3 is 0 Å². The van der Waals surface area contributed by atoms with Crippen LogP contribution in [0.3, 0.4) is 0 Å². The van der Waals surface area contributed by atoms with Crippen molar-refractivity contribution >= 4 is 66.7 Å². The summed E-state index contributed by atoms with van der Waals surface area (Å²) in [6.45, 7) is 0. The van der Waals surface area contributed by atoms with Crippen molar-refractivity contribution in [2.24, 2.45) is 0 Å². The van der Waals surface area contributed by atoms with Gasteiger partial charge in [-0.15, -0.1) is 0 Å². The van der Waals surface area contributed by atoms with Crippen molar-refractivity contribution in [3.63, 3.8) is 0 Å². The van der Waals surface area contributed by atoms with E-state index >= 15 is 0 Å². The molecule has 73 heavy (non-hydrogen) atoms. The molecule has 1 heterocycles. The first-order valence-corrected chi connectivity index (χ1v) is 25.0. The Bertz CT molecular complexity index is 3950. The van der Waals surface area contributed by atoms with Crippen molar-refractivity contribution in [1.29, 1.82) is 0 Å². The summed E-state index contributed by atoms with van der Waals surface area (Å²) in [6.07, 6.45) is 0. The van der Waals surface area contributed by atoms with Gasteiger partial charge in [0.15, 0.2) is 0 Å². The summed E-state index contributed by atoms with van der Waals surface area (Å²) in [6, 6.07) is 108. The Morgan fingerprint density at radius 1 is 0.219 bits per heavy atom. The second-order valence-electron chi connectivity index (χ2n) is 18.6. The van der Waals surface area contributed by atoms with Crippen LogP contribution in [0.4, 0.5) is 34.1 Å². The smallest absolute Gasteiger partial charge is 0.0561 e. The minimum absolute atomic E-state index is 1.03. The van der Waals surface area contributed by atoms with Crippen molar-refractivity contribution < 1.29 is 0 Å². The summed E-state index contributed by atoms with van der Waals surface area (Å²) in [5.41, 5.74) is 19.0. The SMILES string of the molecule is c1ccc(-c2ccc(N(c3ccc(-c4ccccc4)cc3)c3cc(-c4cccc5ccccc45)cc(N(c4ccc(-c5ccccc5)cc4)c4ccc5c6ccccc6n(-c6ccccc6)c5c4)c3)cc2)cc1. The molecule has 0 radical (unpaired) electrons. The van der Waals surface area contributed by atoms with E-state index in [9.17, 15) is 0 Å². The van der Waals surface area contributed by atoms with Crippen LogP contribution < -0.4 is 9.80 Å². The van der Waals surface area contributed by atoms with E-state index in [1.807, 2.05) is 0 Å². The van der Waals surface area contributed by atoms with E-state index in [1.165, 1.54) is 66.0 Å². The molecule has 12 aromatic carbocycles. The van der Waals surface area contributed by atoms with Crippen molar-refractivity contribution in [2.75, 3.05) is 9.80 Å². The normalized spacial score (nSPS) is 11.3. The monoisotopic (exact) mass is 931 g/mol. The van der Waals surface area contributed by atoms with Gasteiger partial charge in [-0.3, -0.25) is 0 Å². The van der Waals surface area contributed by atoms with Gasteiger partial charge in [-0.2, -0.15) is 0 Å². The fourth-order valence-corrected chi connectivity index (χ4v) is 10.6. The summed E-state index contributed by atoms with van der Waals surface area (Å²) in [5.74, 6) is 0. The van der Waals surface area contributed by atoms with Gasteiger partial charge in [0.05, 0.1) is 11.0 Å². The molecule has 1 aromatic heterocycles. The second kappa shape index (κ2) is 18.9. The lowest BCUT2D eigenvalue weighted by Gasteiger charge is -2.31. The van der Waals surface area contributed by atoms with Crippen molar-refractivity contribution in [3.8, 4) is 50.2 Å². The molecule has 0 bridgehead atoms. The molecule has 0 saturated carbocycles.